The van der Waals surface area contributed by atoms with Gasteiger partial charge in [0.1, 0.15) is 11.6 Å². The minimum absolute atomic E-state index is 0.220. The number of benzene rings is 2. The molecule has 0 unspecified atom stereocenters. The van der Waals surface area contributed by atoms with Crippen LogP contribution in [0.3, 0.4) is 0 Å². The summed E-state index contributed by atoms with van der Waals surface area (Å²) in [7, 11) is 1.52. The van der Waals surface area contributed by atoms with Gasteiger partial charge in [-0.3, -0.25) is 4.79 Å². The van der Waals surface area contributed by atoms with Gasteiger partial charge in [-0.05, 0) is 49.4 Å². The number of Topliss-reactive ketones (excluding diaryl/α,β-unsaturated/α-hetero) is 1. The lowest BCUT2D eigenvalue weighted by molar-refractivity contribution is 0.0314. The number of hydrogen-bond acceptors (Lipinski definition) is 4. The van der Waals surface area contributed by atoms with Crippen molar-refractivity contribution in [1.29, 1.82) is 0 Å². The van der Waals surface area contributed by atoms with Crippen LogP contribution in [0.15, 0.2) is 46.9 Å². The fourth-order valence-electron chi connectivity index (χ4n) is 1.92. The third-order valence-corrected chi connectivity index (χ3v) is 3.67. The van der Waals surface area contributed by atoms with E-state index in [1.165, 1.54) is 26.2 Å². The van der Waals surface area contributed by atoms with Crippen molar-refractivity contribution in [1.82, 2.24) is 0 Å². The van der Waals surface area contributed by atoms with Crippen LogP contribution in [0, 0.1) is 5.82 Å². The monoisotopic (exact) mass is 380 g/mol. The number of hydrogen-bond donors (Lipinski definition) is 0. The quantitative estimate of drug-likeness (QED) is 0.580. The Kier molecular flexibility index (Phi) is 5.50. The molecule has 0 aliphatic heterocycles. The Balaban J connectivity index is 2.09. The summed E-state index contributed by atoms with van der Waals surface area (Å²) >= 11 is 3.11. The first-order valence-corrected chi connectivity index (χ1v) is 7.56. The molecule has 4 nitrogen and oxygen atoms in total. The van der Waals surface area contributed by atoms with Crippen LogP contribution in [-0.4, -0.2) is 25.0 Å². The van der Waals surface area contributed by atoms with Crippen LogP contribution in [0.25, 0.3) is 0 Å². The molecule has 0 saturated heterocycles. The van der Waals surface area contributed by atoms with Gasteiger partial charge in [0.25, 0.3) is 0 Å². The van der Waals surface area contributed by atoms with Crippen molar-refractivity contribution >= 4 is 27.7 Å². The molecule has 0 radical (unpaired) electrons. The fraction of sp³-hybridized carbons (Fsp3) is 0.176. The Bertz CT molecular complexity index is 728. The molecule has 0 aliphatic carbocycles. The minimum atomic E-state index is -1.03. The first kappa shape index (κ1) is 17.1. The van der Waals surface area contributed by atoms with Gasteiger partial charge >= 0.3 is 5.97 Å². The first-order chi connectivity index (χ1) is 10.9. The molecule has 2 rings (SSSR count). The largest absolute Gasteiger partial charge is 0.497 e. The molecule has 0 saturated carbocycles. The summed E-state index contributed by atoms with van der Waals surface area (Å²) in [5.41, 5.74) is 0.157. The maximum Gasteiger partial charge on any atom is 0.341 e. The van der Waals surface area contributed by atoms with Crippen LogP contribution in [-0.2, 0) is 4.74 Å². The Labute approximate surface area is 141 Å². The predicted molar refractivity (Wildman–Crippen MR) is 86.3 cm³/mol. The molecular formula is C17H14BrFO4. The van der Waals surface area contributed by atoms with Crippen molar-refractivity contribution in [3.63, 3.8) is 0 Å². The standard InChI is InChI=1S/C17H14BrFO4/c1-10(16(20)11-3-6-13(22-2)7-4-11)23-17(21)14-8-5-12(18)9-15(14)19/h3-10H,1-2H3/t10-/m0/s1. The van der Waals surface area contributed by atoms with E-state index in [2.05, 4.69) is 15.9 Å². The van der Waals surface area contributed by atoms with E-state index in [1.54, 1.807) is 24.3 Å². The van der Waals surface area contributed by atoms with Gasteiger partial charge in [0, 0.05) is 10.0 Å². The van der Waals surface area contributed by atoms with E-state index in [0.29, 0.717) is 15.8 Å². The smallest absolute Gasteiger partial charge is 0.341 e. The average molecular weight is 381 g/mol. The molecule has 0 bridgehead atoms. The summed E-state index contributed by atoms with van der Waals surface area (Å²) in [5, 5.41) is 0. The van der Waals surface area contributed by atoms with E-state index >= 15 is 0 Å². The molecule has 6 heteroatoms. The summed E-state index contributed by atoms with van der Waals surface area (Å²) < 4.78 is 24.3. The zero-order chi connectivity index (χ0) is 17.0. The number of carbonyl (C=O) groups is 2. The third kappa shape index (κ3) is 4.16. The van der Waals surface area contributed by atoms with Gasteiger partial charge in [-0.15, -0.1) is 0 Å². The highest BCUT2D eigenvalue weighted by Gasteiger charge is 2.22. The number of methoxy groups -OCH3 is 1. The van der Waals surface area contributed by atoms with E-state index in [0.717, 1.165) is 6.07 Å². The zero-order valence-corrected chi connectivity index (χ0v) is 14.1. The summed E-state index contributed by atoms with van der Waals surface area (Å²) in [5.74, 6) is -1.36. The molecule has 2 aromatic rings. The number of halogens is 2. The van der Waals surface area contributed by atoms with E-state index in [9.17, 15) is 14.0 Å². The van der Waals surface area contributed by atoms with Crippen LogP contribution in [0.1, 0.15) is 27.6 Å². The third-order valence-electron chi connectivity index (χ3n) is 3.18. The molecule has 0 aliphatic rings. The number of ketones is 1. The molecule has 1 atom stereocenters. The zero-order valence-electron chi connectivity index (χ0n) is 12.5. The molecular weight excluding hydrogens is 367 g/mol. The summed E-state index contributed by atoms with van der Waals surface area (Å²) in [4.78, 5) is 24.2. The maximum absolute atomic E-state index is 13.7. The van der Waals surface area contributed by atoms with Crippen molar-refractivity contribution in [2.24, 2.45) is 0 Å². The summed E-state index contributed by atoms with van der Waals surface area (Å²) in [6.45, 7) is 1.45. The van der Waals surface area contributed by atoms with Crippen LogP contribution < -0.4 is 4.74 Å². The summed E-state index contributed by atoms with van der Waals surface area (Å²) in [6.07, 6.45) is -1.03. The van der Waals surface area contributed by atoms with Crippen LogP contribution in [0.2, 0.25) is 0 Å². The van der Waals surface area contributed by atoms with Crippen molar-refractivity contribution in [2.75, 3.05) is 7.11 Å². The second kappa shape index (κ2) is 7.37. The Hall–Kier alpha value is -2.21. The molecule has 2 aromatic carbocycles. The Morgan fingerprint density at radius 3 is 2.35 bits per heavy atom. The molecule has 0 aromatic heterocycles. The molecule has 23 heavy (non-hydrogen) atoms. The van der Waals surface area contributed by atoms with Gasteiger partial charge in [-0.25, -0.2) is 9.18 Å². The van der Waals surface area contributed by atoms with Crippen molar-refractivity contribution < 1.29 is 23.5 Å². The SMILES string of the molecule is COc1ccc(C(=O)[C@H](C)OC(=O)c2ccc(Br)cc2F)cc1. The van der Waals surface area contributed by atoms with Crippen molar-refractivity contribution in [2.45, 2.75) is 13.0 Å². The Morgan fingerprint density at radius 1 is 1.13 bits per heavy atom. The minimum Gasteiger partial charge on any atom is -0.497 e. The van der Waals surface area contributed by atoms with E-state index in [1.807, 2.05) is 0 Å². The van der Waals surface area contributed by atoms with Crippen LogP contribution in [0.4, 0.5) is 4.39 Å². The highest BCUT2D eigenvalue weighted by molar-refractivity contribution is 9.10. The highest BCUT2D eigenvalue weighted by atomic mass is 79.9. The Morgan fingerprint density at radius 2 is 1.78 bits per heavy atom. The highest BCUT2D eigenvalue weighted by Crippen LogP contribution is 2.18. The van der Waals surface area contributed by atoms with Gasteiger partial charge in [-0.1, -0.05) is 15.9 Å². The van der Waals surface area contributed by atoms with Gasteiger partial charge in [0.15, 0.2) is 6.10 Å². The van der Waals surface area contributed by atoms with Gasteiger partial charge in [-0.2, -0.15) is 0 Å². The molecule has 0 spiro atoms. The lowest BCUT2D eigenvalue weighted by Crippen LogP contribution is -2.24. The molecule has 120 valence electrons. The van der Waals surface area contributed by atoms with E-state index in [-0.39, 0.29) is 11.3 Å². The van der Waals surface area contributed by atoms with Gasteiger partial charge < -0.3 is 9.47 Å². The molecule has 0 fully saturated rings. The number of carbonyl (C=O) groups excluding carboxylic acids is 2. The lowest BCUT2D eigenvalue weighted by atomic mass is 10.1. The van der Waals surface area contributed by atoms with E-state index in [4.69, 9.17) is 9.47 Å². The molecule has 0 heterocycles. The van der Waals surface area contributed by atoms with Gasteiger partial charge in [0.2, 0.25) is 5.78 Å². The second-order valence-electron chi connectivity index (χ2n) is 4.76. The average Bonchev–Trinajstić information content (AvgIpc) is 2.54. The normalized spacial score (nSPS) is 11.7. The first-order valence-electron chi connectivity index (χ1n) is 6.76. The van der Waals surface area contributed by atoms with Crippen LogP contribution in [0.5, 0.6) is 5.75 Å². The van der Waals surface area contributed by atoms with E-state index < -0.39 is 17.9 Å². The molecule has 0 amide bonds. The second-order valence-corrected chi connectivity index (χ2v) is 5.68. The number of ether oxygens (including phenoxy) is 2. The maximum atomic E-state index is 13.7. The topological polar surface area (TPSA) is 52.6 Å². The molecule has 0 N–H and O–H groups in total. The van der Waals surface area contributed by atoms with Crippen molar-refractivity contribution in [3.05, 3.63) is 63.9 Å². The number of esters is 1. The lowest BCUT2D eigenvalue weighted by Gasteiger charge is -2.13. The van der Waals surface area contributed by atoms with Crippen molar-refractivity contribution in [3.8, 4) is 5.75 Å². The number of rotatable bonds is 5. The summed E-state index contributed by atoms with van der Waals surface area (Å²) in [6, 6.07) is 10.4. The fourth-order valence-corrected chi connectivity index (χ4v) is 2.26. The predicted octanol–water partition coefficient (Wildman–Crippen LogP) is 4.03. The van der Waals surface area contributed by atoms with Gasteiger partial charge in [0.05, 0.1) is 12.7 Å². The van der Waals surface area contributed by atoms with Crippen LogP contribution >= 0.6 is 15.9 Å².